The Hall–Kier alpha value is -3.05. The first-order valence-corrected chi connectivity index (χ1v) is 13.1. The lowest BCUT2D eigenvalue weighted by Crippen LogP contribution is -2.11. The van der Waals surface area contributed by atoms with Crippen LogP contribution in [0.2, 0.25) is 0 Å². The van der Waals surface area contributed by atoms with E-state index in [9.17, 15) is 4.79 Å². The van der Waals surface area contributed by atoms with Crippen LogP contribution in [-0.4, -0.2) is 18.2 Å². The highest BCUT2D eigenvalue weighted by atomic mass is 32.1. The van der Waals surface area contributed by atoms with E-state index in [1.807, 2.05) is 50.2 Å². The van der Waals surface area contributed by atoms with Crippen LogP contribution in [-0.2, 0) is 17.8 Å². The summed E-state index contributed by atoms with van der Waals surface area (Å²) in [5, 5.41) is 11.2. The fourth-order valence-electron chi connectivity index (χ4n) is 4.40. The summed E-state index contributed by atoms with van der Waals surface area (Å²) in [6, 6.07) is 16.0. The second-order valence-corrected chi connectivity index (χ2v) is 9.95. The Labute approximate surface area is 213 Å². The number of carboxylic acid groups (broad SMARTS) is 1. The lowest BCUT2D eigenvalue weighted by Gasteiger charge is -2.24. The van der Waals surface area contributed by atoms with Gasteiger partial charge in [0.1, 0.15) is 18.1 Å². The molecule has 35 heavy (non-hydrogen) atoms. The van der Waals surface area contributed by atoms with Crippen molar-refractivity contribution in [3.63, 3.8) is 0 Å². The summed E-state index contributed by atoms with van der Waals surface area (Å²) in [6.45, 7) is 9.09. The zero-order chi connectivity index (χ0) is 25.4. The van der Waals surface area contributed by atoms with Crippen molar-refractivity contribution < 1.29 is 19.4 Å². The summed E-state index contributed by atoms with van der Waals surface area (Å²) in [6.07, 6.45) is 5.22. The summed E-state index contributed by atoms with van der Waals surface area (Å²) in [7, 11) is 1.70. The number of methoxy groups -OCH3 is 1. The monoisotopic (exact) mass is 492 g/mol. The van der Waals surface area contributed by atoms with Crippen LogP contribution >= 0.6 is 11.3 Å². The van der Waals surface area contributed by atoms with Gasteiger partial charge in [0.05, 0.1) is 7.11 Å². The van der Waals surface area contributed by atoms with Crippen LogP contribution in [0.25, 0.3) is 16.0 Å². The van der Waals surface area contributed by atoms with E-state index in [0.717, 1.165) is 35.5 Å². The van der Waals surface area contributed by atoms with Crippen molar-refractivity contribution in [1.82, 2.24) is 0 Å². The van der Waals surface area contributed by atoms with Crippen molar-refractivity contribution in [3.05, 3.63) is 76.7 Å². The number of benzene rings is 2. The van der Waals surface area contributed by atoms with Crippen LogP contribution in [0.15, 0.2) is 60.0 Å². The minimum atomic E-state index is -0.790. The molecule has 0 atom stereocenters. The van der Waals surface area contributed by atoms with Crippen molar-refractivity contribution in [2.75, 3.05) is 7.11 Å². The van der Waals surface area contributed by atoms with Crippen LogP contribution in [0.5, 0.6) is 11.5 Å². The van der Waals surface area contributed by atoms with E-state index in [1.165, 1.54) is 21.6 Å². The predicted molar refractivity (Wildman–Crippen MR) is 145 cm³/mol. The molecule has 0 bridgehead atoms. The Morgan fingerprint density at radius 1 is 1.09 bits per heavy atom. The average Bonchev–Trinajstić information content (AvgIpc) is 3.44. The highest BCUT2D eigenvalue weighted by Gasteiger charge is 2.32. The molecule has 0 fully saturated rings. The van der Waals surface area contributed by atoms with Crippen LogP contribution < -0.4 is 9.47 Å². The molecule has 2 aromatic carbocycles. The van der Waals surface area contributed by atoms with Gasteiger partial charge in [-0.3, -0.25) is 4.79 Å². The number of aryl methyl sites for hydroxylation is 1. The van der Waals surface area contributed by atoms with E-state index in [-0.39, 0.29) is 11.8 Å². The Morgan fingerprint density at radius 2 is 1.83 bits per heavy atom. The normalized spacial score (nSPS) is 14.0. The number of thiophene rings is 1. The smallest absolute Gasteiger partial charge is 0.303 e. The number of rotatable bonds is 9. The summed E-state index contributed by atoms with van der Waals surface area (Å²) in [5.41, 5.74) is 6.07. The van der Waals surface area contributed by atoms with Crippen LogP contribution in [0.1, 0.15) is 63.6 Å². The topological polar surface area (TPSA) is 55.8 Å². The minimum absolute atomic E-state index is 0.111. The van der Waals surface area contributed by atoms with Gasteiger partial charge in [-0.1, -0.05) is 58.0 Å². The molecule has 3 aromatic rings. The zero-order valence-electron chi connectivity index (χ0n) is 21.4. The van der Waals surface area contributed by atoms with E-state index in [1.54, 1.807) is 18.4 Å². The number of hydrogen-bond acceptors (Lipinski definition) is 4. The Balaban J connectivity index is 0.00000167. The number of aliphatic carboxylic acids is 1. The number of ether oxygens (including phenoxy) is 2. The van der Waals surface area contributed by atoms with Crippen LogP contribution in [0.4, 0.5) is 0 Å². The fraction of sp³-hybridized carbons (Fsp3) is 0.367. The summed E-state index contributed by atoms with van der Waals surface area (Å²) in [5.74, 6) is 0.821. The van der Waals surface area contributed by atoms with Crippen molar-refractivity contribution >= 4 is 22.9 Å². The third-order valence-electron chi connectivity index (χ3n) is 6.24. The molecule has 4 rings (SSSR count). The third kappa shape index (κ3) is 6.55. The van der Waals surface area contributed by atoms with E-state index in [0.29, 0.717) is 13.0 Å². The summed E-state index contributed by atoms with van der Waals surface area (Å²) < 4.78 is 11.7. The largest absolute Gasteiger partial charge is 0.497 e. The van der Waals surface area contributed by atoms with Crippen LogP contribution in [0.3, 0.4) is 0 Å². The van der Waals surface area contributed by atoms with Crippen molar-refractivity contribution in [2.45, 2.75) is 60.0 Å². The molecule has 0 aliphatic heterocycles. The first-order valence-electron chi connectivity index (χ1n) is 12.3. The number of hydrogen-bond donors (Lipinski definition) is 1. The molecule has 186 valence electrons. The lowest BCUT2D eigenvalue weighted by molar-refractivity contribution is -0.136. The number of allylic oxidation sites excluding steroid dienone is 2. The van der Waals surface area contributed by atoms with Gasteiger partial charge in [-0.2, -0.15) is 0 Å². The maximum absolute atomic E-state index is 10.9. The van der Waals surface area contributed by atoms with E-state index in [4.69, 9.17) is 14.6 Å². The fourth-order valence-corrected chi connectivity index (χ4v) is 5.47. The molecular weight excluding hydrogens is 456 g/mol. The average molecular weight is 493 g/mol. The number of carboxylic acids is 1. The molecule has 1 N–H and O–H groups in total. The third-order valence-corrected chi connectivity index (χ3v) is 7.31. The molecule has 1 aromatic heterocycles. The lowest BCUT2D eigenvalue weighted by atomic mass is 9.80. The standard InChI is InChI=1S/C28H30O4S.C2H6/c1-28(2)14-6-11-24(28)26-21(18-33-27(26)20-8-5-9-22(16-20)31-3)17-32-23-10-4-7-19(15-23)12-13-25(29)30;1-2/h4-5,7-11,15-16,18H,6,12-14,17H2,1-3H3,(H,29,30);1-2H3. The molecule has 1 aliphatic carbocycles. The molecule has 1 heterocycles. The summed E-state index contributed by atoms with van der Waals surface area (Å²) in [4.78, 5) is 12.1. The van der Waals surface area contributed by atoms with Gasteiger partial charge < -0.3 is 14.6 Å². The van der Waals surface area contributed by atoms with Gasteiger partial charge in [-0.15, -0.1) is 11.3 Å². The number of carbonyl (C=O) groups is 1. The van der Waals surface area contributed by atoms with Gasteiger partial charge in [0.2, 0.25) is 0 Å². The second-order valence-electron chi connectivity index (χ2n) is 9.07. The second kappa shape index (κ2) is 12.1. The van der Waals surface area contributed by atoms with Gasteiger partial charge in [0.25, 0.3) is 0 Å². The van der Waals surface area contributed by atoms with E-state index >= 15 is 0 Å². The van der Waals surface area contributed by atoms with E-state index < -0.39 is 5.97 Å². The van der Waals surface area contributed by atoms with Gasteiger partial charge in [-0.05, 0) is 71.0 Å². The highest BCUT2D eigenvalue weighted by Crippen LogP contribution is 2.50. The van der Waals surface area contributed by atoms with Gasteiger partial charge in [0.15, 0.2) is 0 Å². The summed E-state index contributed by atoms with van der Waals surface area (Å²) >= 11 is 1.74. The van der Waals surface area contributed by atoms with E-state index in [2.05, 4.69) is 37.4 Å². The molecule has 1 aliphatic rings. The molecule has 0 saturated heterocycles. The molecular formula is C30H36O4S. The molecule has 0 radical (unpaired) electrons. The maximum atomic E-state index is 10.9. The zero-order valence-corrected chi connectivity index (χ0v) is 22.2. The van der Waals surface area contributed by atoms with Crippen molar-refractivity contribution in [1.29, 1.82) is 0 Å². The minimum Gasteiger partial charge on any atom is -0.497 e. The van der Waals surface area contributed by atoms with Gasteiger partial charge in [0, 0.05) is 22.4 Å². The maximum Gasteiger partial charge on any atom is 0.303 e. The molecule has 0 saturated carbocycles. The molecule has 5 heteroatoms. The Kier molecular flexibility index (Phi) is 9.16. The Bertz CT molecular complexity index is 1170. The molecule has 0 unspecified atom stereocenters. The van der Waals surface area contributed by atoms with Gasteiger partial charge >= 0.3 is 5.97 Å². The molecule has 0 amide bonds. The molecule has 4 nitrogen and oxygen atoms in total. The SMILES string of the molecule is CC.COc1cccc(-c2scc(COc3cccc(CCC(=O)O)c3)c2C2=CCCC2(C)C)c1. The Morgan fingerprint density at radius 3 is 2.51 bits per heavy atom. The van der Waals surface area contributed by atoms with Gasteiger partial charge in [-0.25, -0.2) is 0 Å². The quantitative estimate of drug-likeness (QED) is 0.327. The predicted octanol–water partition coefficient (Wildman–Crippen LogP) is 8.25. The van der Waals surface area contributed by atoms with Crippen molar-refractivity contribution in [3.8, 4) is 21.9 Å². The first-order chi connectivity index (χ1) is 16.9. The highest BCUT2D eigenvalue weighted by molar-refractivity contribution is 7.14. The molecule has 0 spiro atoms. The first kappa shape index (κ1) is 26.6. The van der Waals surface area contributed by atoms with Crippen LogP contribution in [0, 0.1) is 5.41 Å². The van der Waals surface area contributed by atoms with Crippen molar-refractivity contribution in [2.24, 2.45) is 5.41 Å².